The molecule has 3 nitrogen and oxygen atoms in total. The van der Waals surface area contributed by atoms with Gasteiger partial charge < -0.3 is 9.80 Å². The summed E-state index contributed by atoms with van der Waals surface area (Å²) in [6.45, 7) is 0. The zero-order chi connectivity index (χ0) is 26.6. The van der Waals surface area contributed by atoms with Gasteiger partial charge in [-0.2, -0.15) is 5.26 Å². The fourth-order valence-corrected chi connectivity index (χ4v) is 5.02. The number of hydrogen-bond donors (Lipinski definition) is 0. The summed E-state index contributed by atoms with van der Waals surface area (Å²) < 4.78 is 0. The Labute approximate surface area is 229 Å². The Balaban J connectivity index is 1.32. The highest BCUT2D eigenvalue weighted by Crippen LogP contribution is 2.39. The van der Waals surface area contributed by atoms with Crippen molar-refractivity contribution in [3.8, 4) is 17.2 Å². The van der Waals surface area contributed by atoms with E-state index < -0.39 is 0 Å². The monoisotopic (exact) mass is 501 g/mol. The summed E-state index contributed by atoms with van der Waals surface area (Å²) in [6, 6.07) is 52.7. The van der Waals surface area contributed by atoms with Gasteiger partial charge in [0.2, 0.25) is 0 Å². The molecule has 0 saturated heterocycles. The second-order valence-electron chi connectivity index (χ2n) is 9.48. The molecule has 0 N–H and O–H groups in total. The van der Waals surface area contributed by atoms with Crippen LogP contribution in [0, 0.1) is 11.3 Å². The molecular weight excluding hydrogens is 474 g/mol. The molecule has 0 fully saturated rings. The first-order valence-electron chi connectivity index (χ1n) is 13.0. The molecule has 39 heavy (non-hydrogen) atoms. The summed E-state index contributed by atoms with van der Waals surface area (Å²) in [6.07, 6.45) is 0. The molecule has 0 heterocycles. The zero-order valence-corrected chi connectivity index (χ0v) is 21.7. The van der Waals surface area contributed by atoms with Crippen molar-refractivity contribution in [3.63, 3.8) is 0 Å². The Hall–Kier alpha value is -5.33. The molecule has 0 aliphatic rings. The molecule has 3 heteroatoms. The quantitative estimate of drug-likeness (QED) is 0.228. The third kappa shape index (κ3) is 4.84. The summed E-state index contributed by atoms with van der Waals surface area (Å²) in [5.74, 6) is 0. The van der Waals surface area contributed by atoms with Gasteiger partial charge in [-0.05, 0) is 77.2 Å². The fourth-order valence-electron chi connectivity index (χ4n) is 5.02. The standard InChI is InChI=1S/C36H27N3/c1-38(34-14-7-9-27(25-34)26-37)31-21-17-28(18-22-31)29-19-23-33(24-20-29)39(32-12-3-2-4-13-32)36-16-8-11-30-10-5-6-15-35(30)36/h2-25H,1H3. The molecule has 0 aliphatic carbocycles. The molecule has 0 atom stereocenters. The van der Waals surface area contributed by atoms with Crippen LogP contribution in [0.15, 0.2) is 146 Å². The highest BCUT2D eigenvalue weighted by Gasteiger charge is 2.15. The van der Waals surface area contributed by atoms with Crippen LogP contribution in [-0.4, -0.2) is 7.05 Å². The van der Waals surface area contributed by atoms with Gasteiger partial charge in [-0.25, -0.2) is 0 Å². The van der Waals surface area contributed by atoms with Crippen LogP contribution < -0.4 is 9.80 Å². The second kappa shape index (κ2) is 10.6. The Morgan fingerprint density at radius 3 is 1.79 bits per heavy atom. The summed E-state index contributed by atoms with van der Waals surface area (Å²) in [4.78, 5) is 4.41. The van der Waals surface area contributed by atoms with Crippen LogP contribution in [0.4, 0.5) is 28.4 Å². The van der Waals surface area contributed by atoms with Gasteiger partial charge in [-0.15, -0.1) is 0 Å². The number of para-hydroxylation sites is 1. The molecule has 0 unspecified atom stereocenters. The molecule has 6 aromatic rings. The third-order valence-electron chi connectivity index (χ3n) is 7.10. The fraction of sp³-hybridized carbons (Fsp3) is 0.0278. The van der Waals surface area contributed by atoms with Crippen molar-refractivity contribution in [1.29, 1.82) is 5.26 Å². The summed E-state index contributed by atoms with van der Waals surface area (Å²) in [5, 5.41) is 11.7. The SMILES string of the molecule is CN(c1ccc(-c2ccc(N(c3ccccc3)c3cccc4ccccc34)cc2)cc1)c1cccc(C#N)c1. The summed E-state index contributed by atoms with van der Waals surface area (Å²) in [7, 11) is 2.02. The molecule has 0 bridgehead atoms. The van der Waals surface area contributed by atoms with E-state index in [0.717, 1.165) is 39.6 Å². The van der Waals surface area contributed by atoms with E-state index in [9.17, 15) is 5.26 Å². The first-order chi connectivity index (χ1) is 19.2. The molecule has 0 saturated carbocycles. The minimum Gasteiger partial charge on any atom is -0.345 e. The van der Waals surface area contributed by atoms with Gasteiger partial charge in [0.1, 0.15) is 0 Å². The van der Waals surface area contributed by atoms with Crippen molar-refractivity contribution in [1.82, 2.24) is 0 Å². The highest BCUT2D eigenvalue weighted by molar-refractivity contribution is 5.98. The number of nitriles is 1. The highest BCUT2D eigenvalue weighted by atomic mass is 15.1. The van der Waals surface area contributed by atoms with Gasteiger partial charge in [0.25, 0.3) is 0 Å². The van der Waals surface area contributed by atoms with Crippen LogP contribution in [0.2, 0.25) is 0 Å². The van der Waals surface area contributed by atoms with Gasteiger partial charge in [0.15, 0.2) is 0 Å². The number of fused-ring (bicyclic) bond motifs is 1. The van der Waals surface area contributed by atoms with Crippen molar-refractivity contribution in [2.75, 3.05) is 16.8 Å². The largest absolute Gasteiger partial charge is 0.345 e. The molecule has 0 radical (unpaired) electrons. The summed E-state index contributed by atoms with van der Waals surface area (Å²) >= 11 is 0. The average molecular weight is 502 g/mol. The minimum atomic E-state index is 0.657. The summed E-state index contributed by atoms with van der Waals surface area (Å²) in [5.41, 5.74) is 8.40. The lowest BCUT2D eigenvalue weighted by atomic mass is 10.0. The number of hydrogen-bond acceptors (Lipinski definition) is 3. The number of benzene rings is 6. The van der Waals surface area contributed by atoms with Crippen LogP contribution in [0.3, 0.4) is 0 Å². The van der Waals surface area contributed by atoms with E-state index in [1.165, 1.54) is 10.8 Å². The lowest BCUT2D eigenvalue weighted by molar-refractivity contribution is 1.21. The Bertz CT molecular complexity index is 1760. The van der Waals surface area contributed by atoms with Crippen LogP contribution in [0.5, 0.6) is 0 Å². The normalized spacial score (nSPS) is 10.7. The Morgan fingerprint density at radius 2 is 1.08 bits per heavy atom. The predicted molar refractivity (Wildman–Crippen MR) is 163 cm³/mol. The molecular formula is C36H27N3. The zero-order valence-electron chi connectivity index (χ0n) is 21.7. The van der Waals surface area contributed by atoms with E-state index in [1.807, 2.05) is 31.3 Å². The van der Waals surface area contributed by atoms with Crippen LogP contribution in [0.25, 0.3) is 21.9 Å². The van der Waals surface area contributed by atoms with Gasteiger partial charge in [0, 0.05) is 35.2 Å². The molecule has 0 aromatic heterocycles. The first kappa shape index (κ1) is 24.0. The molecule has 6 aromatic carbocycles. The molecule has 0 amide bonds. The Kier molecular flexibility index (Phi) is 6.52. The average Bonchev–Trinajstić information content (AvgIpc) is 3.02. The number of rotatable bonds is 6. The molecule has 0 aliphatic heterocycles. The van der Waals surface area contributed by atoms with Crippen molar-refractivity contribution < 1.29 is 0 Å². The molecule has 0 spiro atoms. The van der Waals surface area contributed by atoms with E-state index in [-0.39, 0.29) is 0 Å². The van der Waals surface area contributed by atoms with Crippen molar-refractivity contribution >= 4 is 39.2 Å². The van der Waals surface area contributed by atoms with E-state index in [0.29, 0.717) is 5.56 Å². The maximum absolute atomic E-state index is 9.24. The first-order valence-corrected chi connectivity index (χ1v) is 13.0. The van der Waals surface area contributed by atoms with E-state index in [2.05, 4.69) is 137 Å². The van der Waals surface area contributed by atoms with E-state index in [4.69, 9.17) is 0 Å². The molecule has 186 valence electrons. The van der Waals surface area contributed by atoms with Crippen LogP contribution in [0.1, 0.15) is 5.56 Å². The number of anilines is 5. The smallest absolute Gasteiger partial charge is 0.0992 e. The lowest BCUT2D eigenvalue weighted by Gasteiger charge is -2.27. The van der Waals surface area contributed by atoms with Gasteiger partial charge in [0.05, 0.1) is 17.3 Å². The van der Waals surface area contributed by atoms with Crippen molar-refractivity contribution in [2.24, 2.45) is 0 Å². The lowest BCUT2D eigenvalue weighted by Crippen LogP contribution is -2.10. The van der Waals surface area contributed by atoms with Crippen molar-refractivity contribution in [2.45, 2.75) is 0 Å². The Morgan fingerprint density at radius 1 is 0.513 bits per heavy atom. The van der Waals surface area contributed by atoms with Gasteiger partial charge in [-0.3, -0.25) is 0 Å². The number of nitrogens with zero attached hydrogens (tertiary/aromatic N) is 3. The third-order valence-corrected chi connectivity index (χ3v) is 7.10. The topological polar surface area (TPSA) is 30.3 Å². The van der Waals surface area contributed by atoms with Crippen LogP contribution in [-0.2, 0) is 0 Å². The van der Waals surface area contributed by atoms with Gasteiger partial charge in [-0.1, -0.05) is 84.9 Å². The predicted octanol–water partition coefficient (Wildman–Crippen LogP) is 9.62. The van der Waals surface area contributed by atoms with E-state index >= 15 is 0 Å². The maximum atomic E-state index is 9.24. The van der Waals surface area contributed by atoms with Gasteiger partial charge >= 0.3 is 0 Å². The maximum Gasteiger partial charge on any atom is 0.0992 e. The van der Waals surface area contributed by atoms with E-state index in [1.54, 1.807) is 0 Å². The van der Waals surface area contributed by atoms with Crippen molar-refractivity contribution in [3.05, 3.63) is 151 Å². The second-order valence-corrected chi connectivity index (χ2v) is 9.48. The van der Waals surface area contributed by atoms with Crippen LogP contribution >= 0.6 is 0 Å². The molecule has 6 rings (SSSR count). The minimum absolute atomic E-state index is 0.657.